The first-order valence-corrected chi connectivity index (χ1v) is 7.13. The zero-order valence-electron chi connectivity index (χ0n) is 12.3. The molecule has 2 aliphatic rings. The molecule has 2 heterocycles. The molecule has 1 aromatic rings. The number of hydrogen-bond donors (Lipinski definition) is 0. The summed E-state index contributed by atoms with van der Waals surface area (Å²) in [5, 5.41) is 0. The van der Waals surface area contributed by atoms with Gasteiger partial charge in [0.2, 0.25) is 0 Å². The SMILES string of the molecule is COC(=O)/C=C/c1cc(OCC2CO2)ccc1OCC1CO1. The van der Waals surface area contributed by atoms with E-state index in [1.165, 1.54) is 13.2 Å². The molecule has 0 amide bonds. The third kappa shape index (κ3) is 4.47. The Balaban J connectivity index is 1.70. The minimum atomic E-state index is -0.422. The molecule has 2 saturated heterocycles. The molecule has 2 atom stereocenters. The number of hydrogen-bond acceptors (Lipinski definition) is 6. The van der Waals surface area contributed by atoms with Crippen molar-refractivity contribution in [2.24, 2.45) is 0 Å². The van der Waals surface area contributed by atoms with E-state index in [0.29, 0.717) is 24.7 Å². The van der Waals surface area contributed by atoms with Gasteiger partial charge in [-0.1, -0.05) is 0 Å². The maximum atomic E-state index is 11.3. The molecule has 2 fully saturated rings. The molecule has 22 heavy (non-hydrogen) atoms. The van der Waals surface area contributed by atoms with Crippen molar-refractivity contribution in [1.29, 1.82) is 0 Å². The summed E-state index contributed by atoms with van der Waals surface area (Å²) >= 11 is 0. The van der Waals surface area contributed by atoms with Gasteiger partial charge in [0.1, 0.15) is 36.9 Å². The van der Waals surface area contributed by atoms with Crippen LogP contribution in [0.5, 0.6) is 11.5 Å². The predicted octanol–water partition coefficient (Wildman–Crippen LogP) is 1.43. The molecule has 6 nitrogen and oxygen atoms in total. The summed E-state index contributed by atoms with van der Waals surface area (Å²) in [7, 11) is 1.34. The Morgan fingerprint density at radius 2 is 1.91 bits per heavy atom. The van der Waals surface area contributed by atoms with Gasteiger partial charge in [-0.3, -0.25) is 0 Å². The summed E-state index contributed by atoms with van der Waals surface area (Å²) in [6.07, 6.45) is 3.36. The van der Waals surface area contributed by atoms with E-state index >= 15 is 0 Å². The first-order chi connectivity index (χ1) is 10.7. The quantitative estimate of drug-likeness (QED) is 0.411. The lowest BCUT2D eigenvalue weighted by Gasteiger charge is -2.11. The van der Waals surface area contributed by atoms with E-state index in [1.54, 1.807) is 6.08 Å². The highest BCUT2D eigenvalue weighted by Crippen LogP contribution is 2.27. The summed E-state index contributed by atoms with van der Waals surface area (Å²) < 4.78 is 26.2. The Morgan fingerprint density at radius 1 is 1.23 bits per heavy atom. The molecule has 3 rings (SSSR count). The first-order valence-electron chi connectivity index (χ1n) is 7.13. The third-order valence-electron chi connectivity index (χ3n) is 3.25. The standard InChI is InChI=1S/C16H18O6/c1-18-16(17)5-2-11-6-12(19-7-13-8-20-13)3-4-15(11)22-10-14-9-21-14/h2-6,13-14H,7-10H2,1H3/b5-2+. The van der Waals surface area contributed by atoms with Gasteiger partial charge in [-0.05, 0) is 24.3 Å². The molecule has 2 unspecified atom stereocenters. The number of benzene rings is 1. The van der Waals surface area contributed by atoms with Crippen LogP contribution in [0.4, 0.5) is 0 Å². The maximum absolute atomic E-state index is 11.3. The van der Waals surface area contributed by atoms with E-state index in [0.717, 1.165) is 18.8 Å². The molecule has 6 heteroatoms. The van der Waals surface area contributed by atoms with Crippen LogP contribution in [-0.2, 0) is 19.0 Å². The first kappa shape index (κ1) is 14.9. The van der Waals surface area contributed by atoms with Gasteiger partial charge in [0, 0.05) is 11.6 Å². The fourth-order valence-corrected chi connectivity index (χ4v) is 1.80. The average Bonchev–Trinajstić information content (AvgIpc) is 3.43. The van der Waals surface area contributed by atoms with Gasteiger partial charge in [-0.2, -0.15) is 0 Å². The van der Waals surface area contributed by atoms with Crippen LogP contribution in [0.3, 0.4) is 0 Å². The minimum absolute atomic E-state index is 0.167. The lowest BCUT2D eigenvalue weighted by atomic mass is 10.1. The Labute approximate surface area is 128 Å². The highest BCUT2D eigenvalue weighted by Gasteiger charge is 2.24. The summed E-state index contributed by atoms with van der Waals surface area (Å²) in [4.78, 5) is 11.3. The molecule has 0 spiro atoms. The van der Waals surface area contributed by atoms with Crippen LogP contribution in [0.2, 0.25) is 0 Å². The number of esters is 1. The van der Waals surface area contributed by atoms with Crippen LogP contribution in [-0.4, -0.2) is 51.7 Å². The molecular formula is C16H18O6. The molecule has 2 aliphatic heterocycles. The van der Waals surface area contributed by atoms with Crippen LogP contribution >= 0.6 is 0 Å². The number of rotatable bonds is 8. The van der Waals surface area contributed by atoms with E-state index < -0.39 is 5.97 Å². The molecular weight excluding hydrogens is 288 g/mol. The molecule has 0 N–H and O–H groups in total. The zero-order valence-corrected chi connectivity index (χ0v) is 12.3. The van der Waals surface area contributed by atoms with Crippen molar-refractivity contribution in [3.05, 3.63) is 29.8 Å². The van der Waals surface area contributed by atoms with Crippen molar-refractivity contribution in [3.8, 4) is 11.5 Å². The fourth-order valence-electron chi connectivity index (χ4n) is 1.80. The van der Waals surface area contributed by atoms with Gasteiger partial charge < -0.3 is 23.7 Å². The van der Waals surface area contributed by atoms with Crippen molar-refractivity contribution in [3.63, 3.8) is 0 Å². The van der Waals surface area contributed by atoms with E-state index in [1.807, 2.05) is 18.2 Å². The zero-order chi connectivity index (χ0) is 15.4. The second kappa shape index (κ2) is 6.81. The Morgan fingerprint density at radius 3 is 2.55 bits per heavy atom. The highest BCUT2D eigenvalue weighted by molar-refractivity contribution is 5.87. The smallest absolute Gasteiger partial charge is 0.330 e. The van der Waals surface area contributed by atoms with Crippen molar-refractivity contribution in [1.82, 2.24) is 0 Å². The summed E-state index contributed by atoms with van der Waals surface area (Å²) in [6.45, 7) is 2.50. The molecule has 1 aromatic carbocycles. The van der Waals surface area contributed by atoms with Gasteiger partial charge in [0.25, 0.3) is 0 Å². The van der Waals surface area contributed by atoms with Gasteiger partial charge in [-0.15, -0.1) is 0 Å². The lowest BCUT2D eigenvalue weighted by molar-refractivity contribution is -0.134. The van der Waals surface area contributed by atoms with Crippen LogP contribution in [0.15, 0.2) is 24.3 Å². The third-order valence-corrected chi connectivity index (χ3v) is 3.25. The number of carbonyl (C=O) groups excluding carboxylic acids is 1. The number of methoxy groups -OCH3 is 1. The van der Waals surface area contributed by atoms with Crippen molar-refractivity contribution in [2.45, 2.75) is 12.2 Å². The summed E-state index contributed by atoms with van der Waals surface area (Å²) in [6, 6.07) is 5.48. The van der Waals surface area contributed by atoms with Crippen molar-refractivity contribution < 1.29 is 28.5 Å². The van der Waals surface area contributed by atoms with Crippen LogP contribution < -0.4 is 9.47 Å². The van der Waals surface area contributed by atoms with Gasteiger partial charge in [0.05, 0.1) is 20.3 Å². The highest BCUT2D eigenvalue weighted by atomic mass is 16.6. The number of carbonyl (C=O) groups is 1. The van der Waals surface area contributed by atoms with Crippen molar-refractivity contribution in [2.75, 3.05) is 33.5 Å². The van der Waals surface area contributed by atoms with E-state index in [9.17, 15) is 4.79 Å². The fraction of sp³-hybridized carbons (Fsp3) is 0.438. The lowest BCUT2D eigenvalue weighted by Crippen LogP contribution is -2.06. The van der Waals surface area contributed by atoms with Gasteiger partial charge in [-0.25, -0.2) is 4.79 Å². The van der Waals surface area contributed by atoms with Crippen LogP contribution in [0, 0.1) is 0 Å². The summed E-state index contributed by atoms with van der Waals surface area (Å²) in [5.74, 6) is 0.954. The Hall–Kier alpha value is -2.05. The molecule has 0 radical (unpaired) electrons. The van der Waals surface area contributed by atoms with Gasteiger partial charge >= 0.3 is 5.97 Å². The van der Waals surface area contributed by atoms with Gasteiger partial charge in [0.15, 0.2) is 0 Å². The topological polar surface area (TPSA) is 69.8 Å². The van der Waals surface area contributed by atoms with Crippen molar-refractivity contribution >= 4 is 12.0 Å². The second-order valence-corrected chi connectivity index (χ2v) is 5.09. The normalized spacial score (nSPS) is 22.4. The van der Waals surface area contributed by atoms with Crippen LogP contribution in [0.1, 0.15) is 5.56 Å². The van der Waals surface area contributed by atoms with E-state index in [4.69, 9.17) is 18.9 Å². The monoisotopic (exact) mass is 306 g/mol. The average molecular weight is 306 g/mol. The molecule has 0 saturated carbocycles. The molecule has 118 valence electrons. The molecule has 0 aromatic heterocycles. The largest absolute Gasteiger partial charge is 0.491 e. The number of epoxide rings is 2. The summed E-state index contributed by atoms with van der Waals surface area (Å²) in [5.41, 5.74) is 0.750. The van der Waals surface area contributed by atoms with E-state index in [2.05, 4.69) is 4.74 Å². The molecule has 0 bridgehead atoms. The molecule has 0 aliphatic carbocycles. The maximum Gasteiger partial charge on any atom is 0.330 e. The second-order valence-electron chi connectivity index (χ2n) is 5.09. The van der Waals surface area contributed by atoms with Crippen LogP contribution in [0.25, 0.3) is 6.08 Å². The van der Waals surface area contributed by atoms with E-state index in [-0.39, 0.29) is 12.2 Å². The predicted molar refractivity (Wildman–Crippen MR) is 78.0 cm³/mol. The minimum Gasteiger partial charge on any atom is -0.491 e. The Kier molecular flexibility index (Phi) is 4.60. The Bertz CT molecular complexity index is 560. The number of ether oxygens (including phenoxy) is 5.